The van der Waals surface area contributed by atoms with Crippen molar-refractivity contribution in [1.29, 1.82) is 0 Å². The Bertz CT molecular complexity index is 823. The number of carboxylic acids is 1. The highest BCUT2D eigenvalue weighted by Gasteiger charge is 2.29. The van der Waals surface area contributed by atoms with Gasteiger partial charge in [0.05, 0.1) is 5.92 Å². The van der Waals surface area contributed by atoms with Crippen LogP contribution >= 0.6 is 0 Å². The fraction of sp³-hybridized carbons (Fsp3) is 0.606. The molecule has 1 rings (SSSR count). The van der Waals surface area contributed by atoms with Crippen LogP contribution in [0.25, 0.3) is 0 Å². The molecule has 0 aromatic heterocycles. The molecule has 35 heavy (non-hydrogen) atoms. The van der Waals surface area contributed by atoms with Gasteiger partial charge in [0.25, 0.3) is 0 Å². The van der Waals surface area contributed by atoms with Crippen LogP contribution in [0.3, 0.4) is 0 Å². The van der Waals surface area contributed by atoms with Gasteiger partial charge in [-0.05, 0) is 125 Å². The van der Waals surface area contributed by atoms with Crippen LogP contribution in [0.4, 0.5) is 0 Å². The van der Waals surface area contributed by atoms with Crippen molar-refractivity contribution in [2.75, 3.05) is 0 Å². The Kier molecular flexibility index (Phi) is 15.3. The Hall–Kier alpha value is -2.09. The van der Waals surface area contributed by atoms with Crippen molar-refractivity contribution in [2.24, 2.45) is 11.8 Å². The summed E-state index contributed by atoms with van der Waals surface area (Å²) in [7, 11) is 0. The average molecular weight is 481 g/mol. The molecule has 0 bridgehead atoms. The van der Waals surface area contributed by atoms with E-state index in [-0.39, 0.29) is 11.8 Å². The van der Waals surface area contributed by atoms with Crippen LogP contribution in [-0.4, -0.2) is 11.1 Å². The first-order chi connectivity index (χ1) is 16.6. The zero-order valence-corrected chi connectivity index (χ0v) is 23.6. The maximum Gasteiger partial charge on any atom is 0.307 e. The molecule has 0 saturated heterocycles. The van der Waals surface area contributed by atoms with Gasteiger partial charge < -0.3 is 5.11 Å². The predicted molar refractivity (Wildman–Crippen MR) is 154 cm³/mol. The monoisotopic (exact) mass is 480 g/mol. The molecule has 1 aliphatic carbocycles. The van der Waals surface area contributed by atoms with Gasteiger partial charge in [-0.2, -0.15) is 0 Å². The van der Waals surface area contributed by atoms with Gasteiger partial charge in [-0.15, -0.1) is 0 Å². The van der Waals surface area contributed by atoms with E-state index in [9.17, 15) is 9.90 Å². The lowest BCUT2D eigenvalue weighted by atomic mass is 9.77. The van der Waals surface area contributed by atoms with Gasteiger partial charge in [0, 0.05) is 0 Å². The van der Waals surface area contributed by atoms with Gasteiger partial charge in [0.1, 0.15) is 0 Å². The Labute approximate surface area is 216 Å². The first kappa shape index (κ1) is 30.9. The van der Waals surface area contributed by atoms with Crippen LogP contribution in [0.15, 0.2) is 70.4 Å². The minimum Gasteiger partial charge on any atom is -0.481 e. The van der Waals surface area contributed by atoms with E-state index in [1.54, 1.807) is 0 Å². The Morgan fingerprint density at radius 3 is 1.94 bits per heavy atom. The summed E-state index contributed by atoms with van der Waals surface area (Å²) in [6, 6.07) is 0. The van der Waals surface area contributed by atoms with E-state index in [4.69, 9.17) is 0 Å². The smallest absolute Gasteiger partial charge is 0.307 e. The van der Waals surface area contributed by atoms with E-state index < -0.39 is 5.97 Å². The van der Waals surface area contributed by atoms with Crippen LogP contribution in [0.5, 0.6) is 0 Å². The summed E-state index contributed by atoms with van der Waals surface area (Å²) < 4.78 is 0. The van der Waals surface area contributed by atoms with Crippen LogP contribution in [0, 0.1) is 11.8 Å². The average Bonchev–Trinajstić information content (AvgIpc) is 2.77. The third-order valence-corrected chi connectivity index (χ3v) is 7.02. The van der Waals surface area contributed by atoms with E-state index in [2.05, 4.69) is 78.5 Å². The fourth-order valence-corrected chi connectivity index (χ4v) is 4.76. The molecular formula is C33H52O2. The standard InChI is InChI=1S/C33H52O2/c1-25(2)12-8-14-27(5)16-10-17-29(7)20-22-31-24-30(21-23-32(31)33(34)35)19-11-18-28(6)15-9-13-26(3)4/h12-13,16,18,24,31-32H,7-11,14-15,17,19-23H2,1-6H3,(H,34,35)/b27-16+,28-18+. The topological polar surface area (TPSA) is 37.3 Å². The number of rotatable bonds is 16. The van der Waals surface area contributed by atoms with Crippen LogP contribution < -0.4 is 0 Å². The molecule has 196 valence electrons. The minimum absolute atomic E-state index is 0.136. The summed E-state index contributed by atoms with van der Waals surface area (Å²) in [6.07, 6.45) is 23.8. The molecule has 0 aromatic rings. The summed E-state index contributed by atoms with van der Waals surface area (Å²) in [5.74, 6) is -0.747. The molecule has 0 heterocycles. The third-order valence-electron chi connectivity index (χ3n) is 7.02. The van der Waals surface area contributed by atoms with E-state index in [1.165, 1.54) is 33.4 Å². The Balaban J connectivity index is 2.53. The van der Waals surface area contributed by atoms with Gasteiger partial charge in [-0.3, -0.25) is 4.79 Å². The number of hydrogen-bond donors (Lipinski definition) is 1. The van der Waals surface area contributed by atoms with Crippen LogP contribution in [0.2, 0.25) is 0 Å². The summed E-state index contributed by atoms with van der Waals surface area (Å²) >= 11 is 0. The number of hydrogen-bond acceptors (Lipinski definition) is 1. The molecule has 0 spiro atoms. The largest absolute Gasteiger partial charge is 0.481 e. The summed E-state index contributed by atoms with van der Waals surface area (Å²) in [6.45, 7) is 17.3. The second kappa shape index (κ2) is 17.4. The van der Waals surface area contributed by atoms with Crippen LogP contribution in [-0.2, 0) is 4.79 Å². The van der Waals surface area contributed by atoms with E-state index in [1.807, 2.05) is 0 Å². The maximum absolute atomic E-state index is 11.9. The zero-order valence-electron chi connectivity index (χ0n) is 23.6. The molecule has 2 heteroatoms. The van der Waals surface area contributed by atoms with Crippen molar-refractivity contribution in [3.63, 3.8) is 0 Å². The quantitative estimate of drug-likeness (QED) is 0.223. The molecule has 0 fully saturated rings. The lowest BCUT2D eigenvalue weighted by molar-refractivity contribution is -0.143. The molecule has 2 atom stereocenters. The third kappa shape index (κ3) is 14.8. The lowest BCUT2D eigenvalue weighted by Gasteiger charge is -2.28. The predicted octanol–water partition coefficient (Wildman–Crippen LogP) is 10.3. The molecule has 0 amide bonds. The summed E-state index contributed by atoms with van der Waals surface area (Å²) in [5.41, 5.74) is 8.36. The summed E-state index contributed by atoms with van der Waals surface area (Å²) in [5, 5.41) is 9.76. The van der Waals surface area contributed by atoms with Gasteiger partial charge in [0.2, 0.25) is 0 Å². The summed E-state index contributed by atoms with van der Waals surface area (Å²) in [4.78, 5) is 11.9. The zero-order chi connectivity index (χ0) is 26.2. The number of carboxylic acid groups (broad SMARTS) is 1. The molecule has 0 radical (unpaired) electrons. The van der Waals surface area contributed by atoms with E-state index in [0.29, 0.717) is 0 Å². The Morgan fingerprint density at radius 1 is 0.857 bits per heavy atom. The van der Waals surface area contributed by atoms with Crippen molar-refractivity contribution in [3.05, 3.63) is 70.4 Å². The Morgan fingerprint density at radius 2 is 1.40 bits per heavy atom. The number of allylic oxidation sites excluding steroid dienone is 11. The number of aliphatic carboxylic acids is 1. The van der Waals surface area contributed by atoms with Crippen molar-refractivity contribution in [3.8, 4) is 0 Å². The molecule has 1 aliphatic rings. The normalized spacial score (nSPS) is 18.6. The highest BCUT2D eigenvalue weighted by Crippen LogP contribution is 2.35. The van der Waals surface area contributed by atoms with E-state index >= 15 is 0 Å². The molecule has 0 aliphatic heterocycles. The highest BCUT2D eigenvalue weighted by molar-refractivity contribution is 5.71. The first-order valence-electron chi connectivity index (χ1n) is 13.8. The second-order valence-corrected chi connectivity index (χ2v) is 11.1. The van der Waals surface area contributed by atoms with Gasteiger partial charge in [0.15, 0.2) is 0 Å². The SMILES string of the molecule is C=C(CC/C=C(\C)CCC=C(C)C)CCC1C=C(CC/C=C(\C)CCC=C(C)C)CCC1C(=O)O. The van der Waals surface area contributed by atoms with E-state index in [0.717, 1.165) is 77.0 Å². The second-order valence-electron chi connectivity index (χ2n) is 11.1. The molecule has 1 N–H and O–H groups in total. The van der Waals surface area contributed by atoms with Crippen molar-refractivity contribution in [2.45, 2.75) is 119 Å². The maximum atomic E-state index is 11.9. The number of carbonyl (C=O) groups is 1. The van der Waals surface area contributed by atoms with Gasteiger partial charge >= 0.3 is 5.97 Å². The molecule has 2 unspecified atom stereocenters. The van der Waals surface area contributed by atoms with Crippen molar-refractivity contribution >= 4 is 5.97 Å². The van der Waals surface area contributed by atoms with Crippen LogP contribution in [0.1, 0.15) is 119 Å². The highest BCUT2D eigenvalue weighted by atomic mass is 16.4. The first-order valence-corrected chi connectivity index (χ1v) is 13.8. The molecule has 0 aromatic carbocycles. The van der Waals surface area contributed by atoms with Crippen molar-refractivity contribution < 1.29 is 9.90 Å². The minimum atomic E-state index is -0.638. The van der Waals surface area contributed by atoms with Gasteiger partial charge in [-0.1, -0.05) is 70.4 Å². The van der Waals surface area contributed by atoms with Gasteiger partial charge in [-0.25, -0.2) is 0 Å². The molecule has 2 nitrogen and oxygen atoms in total. The molecular weight excluding hydrogens is 428 g/mol. The fourth-order valence-electron chi connectivity index (χ4n) is 4.76. The lowest BCUT2D eigenvalue weighted by Crippen LogP contribution is -2.26. The molecule has 0 saturated carbocycles. The van der Waals surface area contributed by atoms with Crippen molar-refractivity contribution in [1.82, 2.24) is 0 Å².